The van der Waals surface area contributed by atoms with Crippen molar-refractivity contribution in [2.45, 2.75) is 24.8 Å². The summed E-state index contributed by atoms with van der Waals surface area (Å²) >= 11 is 1.90. The topological polar surface area (TPSA) is 12.0 Å². The van der Waals surface area contributed by atoms with Gasteiger partial charge in [0.2, 0.25) is 0 Å². The van der Waals surface area contributed by atoms with Crippen molar-refractivity contribution in [3.63, 3.8) is 0 Å². The number of thioether (sulfide) groups is 1. The summed E-state index contributed by atoms with van der Waals surface area (Å²) in [4.78, 5) is 1.34. The quantitative estimate of drug-likeness (QED) is 0.616. The van der Waals surface area contributed by atoms with Gasteiger partial charge in [0, 0.05) is 23.2 Å². The molecule has 19 heavy (non-hydrogen) atoms. The van der Waals surface area contributed by atoms with E-state index in [-0.39, 0.29) is 0 Å². The summed E-state index contributed by atoms with van der Waals surface area (Å²) in [6.45, 7) is 5.37. The van der Waals surface area contributed by atoms with Crippen LogP contribution in [0.1, 0.15) is 24.1 Å². The van der Waals surface area contributed by atoms with Crippen LogP contribution in [0.3, 0.4) is 0 Å². The van der Waals surface area contributed by atoms with Gasteiger partial charge in [-0.3, -0.25) is 0 Å². The van der Waals surface area contributed by atoms with Crippen molar-refractivity contribution in [2.75, 3.05) is 12.3 Å². The molecule has 1 N–H and O–H groups in total. The van der Waals surface area contributed by atoms with Crippen molar-refractivity contribution in [1.29, 1.82) is 0 Å². The molecule has 2 heteroatoms. The minimum atomic E-state index is 0.414. The number of hydrogen-bond acceptors (Lipinski definition) is 2. The zero-order chi connectivity index (χ0) is 13.5. The van der Waals surface area contributed by atoms with Crippen LogP contribution in [0.2, 0.25) is 0 Å². The molecule has 2 aromatic carbocycles. The minimum Gasteiger partial charge on any atom is -0.309 e. The predicted molar refractivity (Wildman–Crippen MR) is 84.8 cm³/mol. The van der Waals surface area contributed by atoms with E-state index in [4.69, 9.17) is 0 Å². The van der Waals surface area contributed by atoms with Gasteiger partial charge in [-0.05, 0) is 31.5 Å². The molecule has 0 heterocycles. The Bertz CT molecular complexity index is 478. The van der Waals surface area contributed by atoms with E-state index >= 15 is 0 Å². The number of hydrogen-bond donors (Lipinski definition) is 1. The first kappa shape index (κ1) is 14.2. The lowest BCUT2D eigenvalue weighted by Gasteiger charge is -2.14. The Balaban J connectivity index is 1.72. The largest absolute Gasteiger partial charge is 0.309 e. The summed E-state index contributed by atoms with van der Waals surface area (Å²) in [5.74, 6) is 1.10. The Hall–Kier alpha value is -1.25. The summed E-state index contributed by atoms with van der Waals surface area (Å²) in [5, 5.41) is 3.57. The van der Waals surface area contributed by atoms with Crippen LogP contribution in [0.5, 0.6) is 0 Å². The van der Waals surface area contributed by atoms with E-state index in [0.29, 0.717) is 6.04 Å². The molecule has 0 amide bonds. The third kappa shape index (κ3) is 4.73. The minimum absolute atomic E-state index is 0.414. The summed E-state index contributed by atoms with van der Waals surface area (Å²) in [5.41, 5.74) is 2.67. The normalized spacial score (nSPS) is 12.3. The van der Waals surface area contributed by atoms with Gasteiger partial charge in [0.05, 0.1) is 0 Å². The van der Waals surface area contributed by atoms with E-state index in [2.05, 4.69) is 73.8 Å². The molecule has 1 atom stereocenters. The fraction of sp³-hybridized carbons (Fsp3) is 0.294. The lowest BCUT2D eigenvalue weighted by Crippen LogP contribution is -2.21. The van der Waals surface area contributed by atoms with Crippen molar-refractivity contribution in [3.05, 3.63) is 65.7 Å². The smallest absolute Gasteiger partial charge is 0.0292 e. The van der Waals surface area contributed by atoms with E-state index < -0.39 is 0 Å². The van der Waals surface area contributed by atoms with Crippen molar-refractivity contribution >= 4 is 11.8 Å². The lowest BCUT2D eigenvalue weighted by atomic mass is 10.1. The van der Waals surface area contributed by atoms with E-state index in [1.165, 1.54) is 16.0 Å². The highest BCUT2D eigenvalue weighted by Crippen LogP contribution is 2.17. The van der Waals surface area contributed by atoms with Crippen molar-refractivity contribution in [1.82, 2.24) is 5.32 Å². The molecule has 0 spiro atoms. The fourth-order valence-electron chi connectivity index (χ4n) is 1.93. The number of benzene rings is 2. The summed E-state index contributed by atoms with van der Waals surface area (Å²) in [7, 11) is 0. The molecular formula is C17H21NS. The van der Waals surface area contributed by atoms with Crippen LogP contribution in [0.25, 0.3) is 0 Å². The number of nitrogens with one attached hydrogen (secondary N) is 1. The van der Waals surface area contributed by atoms with Gasteiger partial charge < -0.3 is 5.32 Å². The first-order chi connectivity index (χ1) is 9.25. The molecule has 0 radical (unpaired) electrons. The van der Waals surface area contributed by atoms with E-state index in [1.54, 1.807) is 0 Å². The predicted octanol–water partition coefficient (Wildman–Crippen LogP) is 4.44. The first-order valence-electron chi connectivity index (χ1n) is 6.73. The monoisotopic (exact) mass is 271 g/mol. The molecule has 0 fully saturated rings. The van der Waals surface area contributed by atoms with Crippen LogP contribution in [0.15, 0.2) is 59.5 Å². The van der Waals surface area contributed by atoms with E-state index in [9.17, 15) is 0 Å². The molecule has 0 saturated carbocycles. The van der Waals surface area contributed by atoms with Crippen LogP contribution in [-0.4, -0.2) is 12.3 Å². The van der Waals surface area contributed by atoms with Crippen molar-refractivity contribution < 1.29 is 0 Å². The van der Waals surface area contributed by atoms with Crippen molar-refractivity contribution in [3.8, 4) is 0 Å². The second-order valence-corrected chi connectivity index (χ2v) is 5.92. The van der Waals surface area contributed by atoms with Gasteiger partial charge in [-0.1, -0.05) is 48.0 Å². The highest BCUT2D eigenvalue weighted by atomic mass is 32.2. The van der Waals surface area contributed by atoms with Crippen LogP contribution in [0.4, 0.5) is 0 Å². The fourth-order valence-corrected chi connectivity index (χ4v) is 2.74. The van der Waals surface area contributed by atoms with Gasteiger partial charge >= 0.3 is 0 Å². The molecule has 0 bridgehead atoms. The molecule has 0 aliphatic carbocycles. The Morgan fingerprint density at radius 1 is 1.00 bits per heavy atom. The van der Waals surface area contributed by atoms with Crippen molar-refractivity contribution in [2.24, 2.45) is 0 Å². The van der Waals surface area contributed by atoms with Gasteiger partial charge in [0.25, 0.3) is 0 Å². The maximum atomic E-state index is 3.57. The third-order valence-corrected chi connectivity index (χ3v) is 4.16. The summed E-state index contributed by atoms with van der Waals surface area (Å²) in [6.07, 6.45) is 0. The molecule has 0 aliphatic rings. The SMILES string of the molecule is Cc1ccc([C@@H](C)NCCSc2ccccc2)cc1. The Kier molecular flexibility index (Phi) is 5.49. The first-order valence-corrected chi connectivity index (χ1v) is 7.72. The standard InChI is InChI=1S/C17H21NS/c1-14-8-10-16(11-9-14)15(2)18-12-13-19-17-6-4-3-5-7-17/h3-11,15,18H,12-13H2,1-2H3/t15-/m1/s1. The van der Waals surface area contributed by atoms with Gasteiger partial charge in [0.1, 0.15) is 0 Å². The number of rotatable bonds is 6. The van der Waals surface area contributed by atoms with Gasteiger partial charge in [-0.2, -0.15) is 0 Å². The van der Waals surface area contributed by atoms with Crippen LogP contribution in [-0.2, 0) is 0 Å². The number of aryl methyl sites for hydroxylation is 1. The zero-order valence-corrected chi connectivity index (χ0v) is 12.4. The average Bonchev–Trinajstić information content (AvgIpc) is 2.45. The summed E-state index contributed by atoms with van der Waals surface area (Å²) in [6, 6.07) is 19.7. The third-order valence-electron chi connectivity index (χ3n) is 3.14. The second-order valence-electron chi connectivity index (χ2n) is 4.75. The van der Waals surface area contributed by atoms with Gasteiger partial charge in [-0.15, -0.1) is 11.8 Å². The van der Waals surface area contributed by atoms with Gasteiger partial charge in [-0.25, -0.2) is 0 Å². The maximum Gasteiger partial charge on any atom is 0.0292 e. The average molecular weight is 271 g/mol. The van der Waals surface area contributed by atoms with Crippen LogP contribution in [0, 0.1) is 6.92 Å². The second kappa shape index (κ2) is 7.37. The molecule has 0 aliphatic heterocycles. The molecule has 0 saturated heterocycles. The Labute approximate surface area is 120 Å². The molecule has 0 unspecified atom stereocenters. The van der Waals surface area contributed by atoms with Crippen LogP contribution < -0.4 is 5.32 Å². The molecule has 0 aromatic heterocycles. The van der Waals surface area contributed by atoms with E-state index in [1.807, 2.05) is 11.8 Å². The highest BCUT2D eigenvalue weighted by Gasteiger charge is 2.03. The zero-order valence-electron chi connectivity index (χ0n) is 11.6. The highest BCUT2D eigenvalue weighted by molar-refractivity contribution is 7.99. The van der Waals surface area contributed by atoms with Crippen LogP contribution >= 0.6 is 11.8 Å². The van der Waals surface area contributed by atoms with Gasteiger partial charge in [0.15, 0.2) is 0 Å². The molecular weight excluding hydrogens is 250 g/mol. The Morgan fingerprint density at radius 3 is 2.37 bits per heavy atom. The maximum absolute atomic E-state index is 3.57. The molecule has 100 valence electrons. The molecule has 1 nitrogen and oxygen atoms in total. The molecule has 2 rings (SSSR count). The molecule has 2 aromatic rings. The lowest BCUT2D eigenvalue weighted by molar-refractivity contribution is 0.601. The van der Waals surface area contributed by atoms with E-state index in [0.717, 1.165) is 12.3 Å². The Morgan fingerprint density at radius 2 is 1.68 bits per heavy atom. The summed E-state index contributed by atoms with van der Waals surface area (Å²) < 4.78 is 0.